The Kier molecular flexibility index (Phi) is 6.80. The molecule has 4 rings (SSSR count). The molecule has 0 radical (unpaired) electrons. The molecule has 0 spiro atoms. The number of hydrogen-bond acceptors (Lipinski definition) is 5. The average Bonchev–Trinajstić information content (AvgIpc) is 2.84. The van der Waals surface area contributed by atoms with Crippen LogP contribution in [0, 0.1) is 0 Å². The number of aliphatic hydroxyl groups excluding tert-OH is 2. The lowest BCUT2D eigenvalue weighted by Crippen LogP contribution is -2.51. The van der Waals surface area contributed by atoms with Crippen molar-refractivity contribution < 1.29 is 24.4 Å². The minimum atomic E-state index is -1.06. The summed E-state index contributed by atoms with van der Waals surface area (Å²) in [5.41, 5.74) is 1.96. The molecule has 0 bridgehead atoms. The monoisotopic (exact) mass is 420 g/mol. The first-order chi connectivity index (χ1) is 15.1. The zero-order chi connectivity index (χ0) is 21.7. The van der Waals surface area contributed by atoms with Gasteiger partial charge in [0.05, 0.1) is 12.7 Å². The zero-order valence-electron chi connectivity index (χ0n) is 17.5. The van der Waals surface area contributed by atoms with Crippen LogP contribution in [0.2, 0.25) is 0 Å². The van der Waals surface area contributed by atoms with E-state index in [0.29, 0.717) is 0 Å². The summed E-state index contributed by atoms with van der Waals surface area (Å²) >= 11 is 0. The molecule has 2 N–H and O–H groups in total. The van der Waals surface area contributed by atoms with Gasteiger partial charge in [-0.1, -0.05) is 91.0 Å². The van der Waals surface area contributed by atoms with Gasteiger partial charge in [0.1, 0.15) is 17.8 Å². The number of aliphatic hydroxyl groups is 2. The highest BCUT2D eigenvalue weighted by Crippen LogP contribution is 2.41. The highest BCUT2D eigenvalue weighted by molar-refractivity contribution is 5.47. The third-order valence-electron chi connectivity index (χ3n) is 5.80. The van der Waals surface area contributed by atoms with Crippen molar-refractivity contribution in [2.45, 2.75) is 36.6 Å². The van der Waals surface area contributed by atoms with Gasteiger partial charge in [-0.15, -0.1) is 0 Å². The van der Waals surface area contributed by atoms with Crippen LogP contribution in [0.4, 0.5) is 0 Å². The lowest BCUT2D eigenvalue weighted by molar-refractivity contribution is -0.256. The lowest BCUT2D eigenvalue weighted by Gasteiger charge is -2.40. The van der Waals surface area contributed by atoms with E-state index in [9.17, 15) is 10.2 Å². The number of rotatable bonds is 7. The first-order valence-electron chi connectivity index (χ1n) is 10.5. The molecule has 1 aliphatic heterocycles. The van der Waals surface area contributed by atoms with Crippen molar-refractivity contribution in [1.29, 1.82) is 0 Å². The van der Waals surface area contributed by atoms with Crippen molar-refractivity contribution in [2.75, 3.05) is 13.7 Å². The van der Waals surface area contributed by atoms with Crippen LogP contribution in [-0.2, 0) is 19.8 Å². The van der Waals surface area contributed by atoms with E-state index in [1.54, 1.807) is 0 Å². The van der Waals surface area contributed by atoms with Crippen LogP contribution in [0.25, 0.3) is 0 Å². The summed E-state index contributed by atoms with van der Waals surface area (Å²) in [4.78, 5) is 0. The highest BCUT2D eigenvalue weighted by Gasteiger charge is 2.42. The van der Waals surface area contributed by atoms with Gasteiger partial charge in [0, 0.05) is 13.5 Å². The Morgan fingerprint density at radius 2 is 1.26 bits per heavy atom. The van der Waals surface area contributed by atoms with Crippen LogP contribution >= 0.6 is 0 Å². The normalized spacial score (nSPS) is 24.1. The van der Waals surface area contributed by atoms with Gasteiger partial charge in [-0.3, -0.25) is 0 Å². The van der Waals surface area contributed by atoms with Gasteiger partial charge in [0.25, 0.3) is 0 Å². The molecule has 31 heavy (non-hydrogen) atoms. The van der Waals surface area contributed by atoms with Gasteiger partial charge in [0.2, 0.25) is 0 Å². The van der Waals surface area contributed by atoms with Crippen LogP contribution in [0.15, 0.2) is 91.0 Å². The molecule has 0 aliphatic carbocycles. The quantitative estimate of drug-likeness (QED) is 0.573. The molecule has 5 heteroatoms. The van der Waals surface area contributed by atoms with Crippen molar-refractivity contribution >= 4 is 0 Å². The predicted molar refractivity (Wildman–Crippen MR) is 117 cm³/mol. The summed E-state index contributed by atoms with van der Waals surface area (Å²) in [7, 11) is 1.52. The van der Waals surface area contributed by atoms with Crippen LogP contribution in [0.5, 0.6) is 0 Å². The van der Waals surface area contributed by atoms with Gasteiger partial charge in [0.15, 0.2) is 6.29 Å². The molecule has 1 saturated heterocycles. The zero-order valence-corrected chi connectivity index (χ0v) is 17.5. The maximum absolute atomic E-state index is 10.5. The minimum absolute atomic E-state index is 0.0662. The number of ether oxygens (including phenoxy) is 3. The fourth-order valence-electron chi connectivity index (χ4n) is 4.18. The Morgan fingerprint density at radius 1 is 0.806 bits per heavy atom. The Bertz CT molecular complexity index is 835. The van der Waals surface area contributed by atoms with Gasteiger partial charge < -0.3 is 24.4 Å². The summed E-state index contributed by atoms with van der Waals surface area (Å²) in [5, 5.41) is 20.8. The largest absolute Gasteiger partial charge is 0.390 e. The molecule has 0 saturated carbocycles. The molecule has 5 nitrogen and oxygen atoms in total. The van der Waals surface area contributed by atoms with E-state index in [2.05, 4.69) is 0 Å². The van der Waals surface area contributed by atoms with E-state index >= 15 is 0 Å². The van der Waals surface area contributed by atoms with E-state index in [-0.39, 0.29) is 13.0 Å². The van der Waals surface area contributed by atoms with Crippen LogP contribution < -0.4 is 0 Å². The van der Waals surface area contributed by atoms with Gasteiger partial charge in [-0.2, -0.15) is 0 Å². The summed E-state index contributed by atoms with van der Waals surface area (Å²) in [6.45, 7) is 0.0662. The second-order valence-corrected chi connectivity index (χ2v) is 7.72. The van der Waals surface area contributed by atoms with Gasteiger partial charge in [-0.25, -0.2) is 0 Å². The number of methoxy groups -OCH3 is 1. The highest BCUT2D eigenvalue weighted by atomic mass is 16.7. The fraction of sp³-hybridized carbons (Fsp3) is 0.308. The molecule has 0 unspecified atom stereocenters. The summed E-state index contributed by atoms with van der Waals surface area (Å²) in [6.07, 6.45) is -3.11. The van der Waals surface area contributed by atoms with E-state index < -0.39 is 30.2 Å². The molecule has 0 amide bonds. The first kappa shape index (κ1) is 21.7. The van der Waals surface area contributed by atoms with Crippen molar-refractivity contribution in [2.24, 2.45) is 0 Å². The van der Waals surface area contributed by atoms with E-state index in [1.165, 1.54) is 7.11 Å². The fourth-order valence-corrected chi connectivity index (χ4v) is 4.18. The lowest BCUT2D eigenvalue weighted by atomic mass is 9.80. The van der Waals surface area contributed by atoms with Crippen molar-refractivity contribution in [3.63, 3.8) is 0 Å². The SMILES string of the molecule is CO[C@H]1C[C@H](O)[C@@H](O)[C@@H](COC(c2ccccc2)(c2ccccc2)c2ccccc2)O1. The van der Waals surface area contributed by atoms with Crippen molar-refractivity contribution in [3.8, 4) is 0 Å². The Balaban J connectivity index is 1.77. The maximum atomic E-state index is 10.5. The number of hydrogen-bond donors (Lipinski definition) is 2. The molecule has 3 aromatic rings. The Hall–Kier alpha value is -2.54. The van der Waals surface area contributed by atoms with Crippen molar-refractivity contribution in [3.05, 3.63) is 108 Å². The summed E-state index contributed by atoms with van der Waals surface area (Å²) in [5.74, 6) is 0. The maximum Gasteiger partial charge on any atom is 0.160 e. The average molecular weight is 421 g/mol. The van der Waals surface area contributed by atoms with E-state index in [0.717, 1.165) is 16.7 Å². The van der Waals surface area contributed by atoms with Crippen LogP contribution in [0.3, 0.4) is 0 Å². The number of benzene rings is 3. The standard InChI is InChI=1S/C26H28O5/c1-29-24-17-22(27)25(28)23(31-24)18-30-26(19-11-5-2-6-12-19,20-13-7-3-8-14-20)21-15-9-4-10-16-21/h2-16,22-25,27-28H,17-18H2,1H3/t22-,23+,24+,25+/m0/s1. The smallest absolute Gasteiger partial charge is 0.160 e. The van der Waals surface area contributed by atoms with Gasteiger partial charge >= 0.3 is 0 Å². The first-order valence-corrected chi connectivity index (χ1v) is 10.5. The topological polar surface area (TPSA) is 68.2 Å². The van der Waals surface area contributed by atoms with E-state index in [4.69, 9.17) is 14.2 Å². The minimum Gasteiger partial charge on any atom is -0.390 e. The summed E-state index contributed by atoms with van der Waals surface area (Å²) in [6, 6.07) is 30.0. The van der Waals surface area contributed by atoms with Gasteiger partial charge in [-0.05, 0) is 16.7 Å². The molecule has 1 aliphatic rings. The molecule has 162 valence electrons. The molecular weight excluding hydrogens is 392 g/mol. The Morgan fingerprint density at radius 3 is 1.68 bits per heavy atom. The Labute approximate surface area is 182 Å². The van der Waals surface area contributed by atoms with E-state index in [1.807, 2.05) is 91.0 Å². The molecule has 4 atom stereocenters. The van der Waals surface area contributed by atoms with Crippen LogP contribution in [-0.4, -0.2) is 48.5 Å². The molecule has 0 aromatic heterocycles. The second-order valence-electron chi connectivity index (χ2n) is 7.72. The predicted octanol–water partition coefficient (Wildman–Crippen LogP) is 3.48. The molecule has 1 fully saturated rings. The molecule has 1 heterocycles. The van der Waals surface area contributed by atoms with Crippen LogP contribution in [0.1, 0.15) is 23.1 Å². The third-order valence-corrected chi connectivity index (χ3v) is 5.80. The summed E-state index contributed by atoms with van der Waals surface area (Å²) < 4.78 is 17.8. The molecular formula is C26H28O5. The molecule has 3 aromatic carbocycles. The third kappa shape index (κ3) is 4.42. The van der Waals surface area contributed by atoms with Crippen molar-refractivity contribution in [1.82, 2.24) is 0 Å². The second kappa shape index (κ2) is 9.73.